The number of thioether (sulfide) groups is 1. The summed E-state index contributed by atoms with van der Waals surface area (Å²) in [6.07, 6.45) is 1.47. The lowest BCUT2D eigenvalue weighted by molar-refractivity contribution is -0.384. The van der Waals surface area contributed by atoms with Gasteiger partial charge < -0.3 is 9.84 Å². The number of carbonyl (C=O) groups excluding carboxylic acids is 1. The Hall–Kier alpha value is -3.24. The second-order valence-corrected chi connectivity index (χ2v) is 7.90. The lowest BCUT2D eigenvalue weighted by Crippen LogP contribution is -2.30. The van der Waals surface area contributed by atoms with Crippen molar-refractivity contribution in [2.24, 2.45) is 0 Å². The summed E-state index contributed by atoms with van der Waals surface area (Å²) in [7, 11) is 0. The minimum Gasteiger partial charge on any atom is -0.488 e. The number of ether oxygens (including phenoxy) is 1. The Bertz CT molecular complexity index is 1040. The van der Waals surface area contributed by atoms with Crippen LogP contribution >= 0.6 is 24.0 Å². The predicted molar refractivity (Wildman–Crippen MR) is 116 cm³/mol. The zero-order valence-electron chi connectivity index (χ0n) is 15.5. The molecule has 1 amide bonds. The summed E-state index contributed by atoms with van der Waals surface area (Å²) in [5.74, 6) is -0.805. The molecule has 1 saturated heterocycles. The third kappa shape index (κ3) is 5.22. The van der Waals surface area contributed by atoms with Crippen molar-refractivity contribution >= 4 is 51.9 Å². The number of para-hydroxylation sites is 1. The van der Waals surface area contributed by atoms with Crippen LogP contribution in [0.2, 0.25) is 0 Å². The molecule has 1 N–H and O–H groups in total. The maximum atomic E-state index is 12.6. The van der Waals surface area contributed by atoms with Crippen LogP contribution in [0, 0.1) is 10.1 Å². The van der Waals surface area contributed by atoms with Crippen LogP contribution in [0.1, 0.15) is 17.5 Å². The summed E-state index contributed by atoms with van der Waals surface area (Å²) in [6.45, 7) is 0.220. The average molecular weight is 444 g/mol. The second-order valence-electron chi connectivity index (χ2n) is 6.23. The number of amides is 1. The molecule has 2 aromatic rings. The molecule has 3 rings (SSSR count). The van der Waals surface area contributed by atoms with E-state index in [-0.39, 0.29) is 31.2 Å². The highest BCUT2D eigenvalue weighted by Gasteiger charge is 2.32. The molecule has 0 aromatic heterocycles. The quantitative estimate of drug-likeness (QED) is 0.283. The van der Waals surface area contributed by atoms with Crippen LogP contribution in [0.4, 0.5) is 5.69 Å². The molecule has 2 aromatic carbocycles. The van der Waals surface area contributed by atoms with Crippen molar-refractivity contribution in [2.75, 3.05) is 6.54 Å². The normalized spacial score (nSPS) is 14.9. The van der Waals surface area contributed by atoms with Crippen molar-refractivity contribution in [3.05, 3.63) is 74.7 Å². The molecule has 10 heteroatoms. The molecule has 1 fully saturated rings. The van der Waals surface area contributed by atoms with E-state index in [2.05, 4.69) is 0 Å². The summed E-state index contributed by atoms with van der Waals surface area (Å²) >= 11 is 6.31. The zero-order chi connectivity index (χ0) is 21.7. The third-order valence-corrected chi connectivity index (χ3v) is 5.55. The highest BCUT2D eigenvalue weighted by molar-refractivity contribution is 8.26. The van der Waals surface area contributed by atoms with E-state index >= 15 is 0 Å². The van der Waals surface area contributed by atoms with Gasteiger partial charge in [0.05, 0.1) is 16.2 Å². The molecule has 0 bridgehead atoms. The highest BCUT2D eigenvalue weighted by Crippen LogP contribution is 2.34. The molecule has 1 heterocycles. The Morgan fingerprint density at radius 1 is 1.23 bits per heavy atom. The third-order valence-electron chi connectivity index (χ3n) is 4.17. The monoisotopic (exact) mass is 444 g/mol. The number of benzene rings is 2. The van der Waals surface area contributed by atoms with Crippen LogP contribution < -0.4 is 4.74 Å². The summed E-state index contributed by atoms with van der Waals surface area (Å²) in [5, 5.41) is 19.6. The molecule has 1 aliphatic rings. The number of rotatable bonds is 8. The Morgan fingerprint density at radius 2 is 1.93 bits per heavy atom. The van der Waals surface area contributed by atoms with Crippen molar-refractivity contribution in [3.8, 4) is 5.75 Å². The molecule has 0 aliphatic carbocycles. The lowest BCUT2D eigenvalue weighted by atomic mass is 10.1. The first-order chi connectivity index (χ1) is 14.3. The number of nitro benzene ring substituents is 1. The number of carboxylic acids is 1. The van der Waals surface area contributed by atoms with Gasteiger partial charge in [0.25, 0.3) is 11.6 Å². The van der Waals surface area contributed by atoms with E-state index in [9.17, 15) is 19.7 Å². The highest BCUT2D eigenvalue weighted by atomic mass is 32.2. The number of nitro groups is 1. The first kappa shape index (κ1) is 21.5. The van der Waals surface area contributed by atoms with Crippen LogP contribution in [0.25, 0.3) is 6.08 Å². The molecular weight excluding hydrogens is 428 g/mol. The summed E-state index contributed by atoms with van der Waals surface area (Å²) < 4.78 is 6.16. The molecule has 154 valence electrons. The Balaban J connectivity index is 1.73. The number of nitrogens with zero attached hydrogens (tertiary/aromatic N) is 2. The first-order valence-electron chi connectivity index (χ1n) is 8.77. The molecule has 0 atom stereocenters. The molecule has 8 nitrogen and oxygen atoms in total. The number of thiocarbonyl (C=S) groups is 1. The van der Waals surface area contributed by atoms with Gasteiger partial charge in [0.15, 0.2) is 0 Å². The standard InChI is InChI=1S/C20H16N2O6S2/c23-18(24)9-10-21-19(25)17(30-20(21)29)11-14-3-1-2-4-16(14)28-12-13-5-7-15(8-6-13)22(26)27/h1-8,11H,9-10,12H2,(H,23,24). The molecule has 30 heavy (non-hydrogen) atoms. The topological polar surface area (TPSA) is 110 Å². The fourth-order valence-corrected chi connectivity index (χ4v) is 3.95. The summed E-state index contributed by atoms with van der Waals surface area (Å²) in [6, 6.07) is 13.2. The number of hydrogen-bond acceptors (Lipinski definition) is 7. The van der Waals surface area contributed by atoms with Gasteiger partial charge in [0.1, 0.15) is 16.7 Å². The van der Waals surface area contributed by atoms with Gasteiger partial charge in [-0.1, -0.05) is 42.2 Å². The van der Waals surface area contributed by atoms with Gasteiger partial charge in [-0.15, -0.1) is 0 Å². The molecule has 0 spiro atoms. The fraction of sp³-hybridized carbons (Fsp3) is 0.150. The van der Waals surface area contributed by atoms with Crippen LogP contribution in [0.3, 0.4) is 0 Å². The van der Waals surface area contributed by atoms with Crippen LogP contribution in [-0.4, -0.2) is 37.7 Å². The van der Waals surface area contributed by atoms with Crippen molar-refractivity contribution in [1.29, 1.82) is 0 Å². The van der Waals surface area contributed by atoms with Crippen molar-refractivity contribution in [3.63, 3.8) is 0 Å². The molecule has 0 unspecified atom stereocenters. The molecule has 0 saturated carbocycles. The lowest BCUT2D eigenvalue weighted by Gasteiger charge is -2.12. The number of non-ortho nitro benzene ring substituents is 1. The number of aliphatic carboxylic acids is 1. The molecular formula is C20H16N2O6S2. The van der Waals surface area contributed by atoms with Crippen molar-refractivity contribution in [1.82, 2.24) is 4.90 Å². The Kier molecular flexibility index (Phi) is 6.80. The predicted octanol–water partition coefficient (Wildman–Crippen LogP) is 3.85. The van der Waals surface area contributed by atoms with E-state index < -0.39 is 10.9 Å². The minimum atomic E-state index is -1.00. The van der Waals surface area contributed by atoms with Crippen LogP contribution in [0.15, 0.2) is 53.4 Å². The van der Waals surface area contributed by atoms with E-state index in [1.807, 2.05) is 0 Å². The van der Waals surface area contributed by atoms with E-state index in [0.29, 0.717) is 20.5 Å². The zero-order valence-corrected chi connectivity index (χ0v) is 17.1. The van der Waals surface area contributed by atoms with Crippen LogP contribution in [-0.2, 0) is 16.2 Å². The van der Waals surface area contributed by atoms with Gasteiger partial charge in [0, 0.05) is 24.2 Å². The number of carboxylic acid groups (broad SMARTS) is 1. The fourth-order valence-electron chi connectivity index (χ4n) is 2.65. The SMILES string of the molecule is O=C(O)CCN1C(=O)C(=Cc2ccccc2OCc2ccc([N+](=O)[O-])cc2)SC1=S. The largest absolute Gasteiger partial charge is 0.488 e. The van der Waals surface area contributed by atoms with Crippen molar-refractivity contribution in [2.45, 2.75) is 13.0 Å². The van der Waals surface area contributed by atoms with E-state index in [1.165, 1.54) is 17.0 Å². The number of carbonyl (C=O) groups is 2. The summed E-state index contributed by atoms with van der Waals surface area (Å²) in [5.41, 5.74) is 1.43. The Morgan fingerprint density at radius 3 is 2.60 bits per heavy atom. The van der Waals surface area contributed by atoms with E-state index in [0.717, 1.165) is 17.3 Å². The summed E-state index contributed by atoms with van der Waals surface area (Å²) in [4.78, 5) is 35.3. The van der Waals surface area contributed by atoms with E-state index in [1.54, 1.807) is 42.5 Å². The van der Waals surface area contributed by atoms with E-state index in [4.69, 9.17) is 22.1 Å². The first-order valence-corrected chi connectivity index (χ1v) is 10.00. The number of hydrogen-bond donors (Lipinski definition) is 1. The van der Waals surface area contributed by atoms with Crippen molar-refractivity contribution < 1.29 is 24.4 Å². The molecule has 1 aliphatic heterocycles. The Labute approximate surface area is 181 Å². The molecule has 0 radical (unpaired) electrons. The maximum Gasteiger partial charge on any atom is 0.305 e. The maximum absolute atomic E-state index is 12.6. The van der Waals surface area contributed by atoms with Gasteiger partial charge in [-0.2, -0.15) is 0 Å². The average Bonchev–Trinajstić information content (AvgIpc) is 2.98. The van der Waals surface area contributed by atoms with Gasteiger partial charge in [-0.05, 0) is 29.8 Å². The second kappa shape index (κ2) is 9.51. The smallest absolute Gasteiger partial charge is 0.305 e. The van der Waals surface area contributed by atoms with Gasteiger partial charge in [-0.3, -0.25) is 24.6 Å². The van der Waals surface area contributed by atoms with Gasteiger partial charge >= 0.3 is 5.97 Å². The van der Waals surface area contributed by atoms with Crippen LogP contribution in [0.5, 0.6) is 5.75 Å². The van der Waals surface area contributed by atoms with Gasteiger partial charge in [-0.25, -0.2) is 0 Å². The minimum absolute atomic E-state index is 0.00377. The van der Waals surface area contributed by atoms with Gasteiger partial charge in [0.2, 0.25) is 0 Å².